The van der Waals surface area contributed by atoms with Crippen molar-refractivity contribution in [3.63, 3.8) is 0 Å². The second kappa shape index (κ2) is 7.45. The lowest BCUT2D eigenvalue weighted by Crippen LogP contribution is -2.49. The third-order valence-corrected chi connectivity index (χ3v) is 4.32. The van der Waals surface area contributed by atoms with E-state index in [1.165, 1.54) is 18.2 Å². The molecule has 1 fully saturated rings. The Bertz CT molecular complexity index is 874. The van der Waals surface area contributed by atoms with Crippen molar-refractivity contribution in [2.75, 3.05) is 6.61 Å². The second-order valence-electron chi connectivity index (χ2n) is 5.95. The second-order valence-corrected chi connectivity index (χ2v) is 5.95. The molecule has 3 rings (SSSR count). The maximum atomic E-state index is 13.5. The molecule has 1 aliphatic rings. The van der Waals surface area contributed by atoms with Crippen LogP contribution in [0.4, 0.5) is 9.18 Å². The summed E-state index contributed by atoms with van der Waals surface area (Å²) in [5, 5.41) is 3.27. The van der Waals surface area contributed by atoms with Gasteiger partial charge in [0.25, 0.3) is 11.8 Å². The largest absolute Gasteiger partial charge is 0.481 e. The van der Waals surface area contributed by atoms with Crippen molar-refractivity contribution < 1.29 is 23.5 Å². The minimum absolute atomic E-state index is 0.1000. The molecule has 2 aromatic carbocycles. The first-order chi connectivity index (χ1) is 13.0. The number of urea groups is 1. The first-order valence-electron chi connectivity index (χ1n) is 8.37. The summed E-state index contributed by atoms with van der Waals surface area (Å²) in [7, 11) is 0. The Morgan fingerprint density at radius 1 is 1.15 bits per heavy atom. The van der Waals surface area contributed by atoms with E-state index in [1.807, 2.05) is 0 Å². The van der Waals surface area contributed by atoms with Crippen molar-refractivity contribution >= 4 is 17.8 Å². The van der Waals surface area contributed by atoms with Crippen molar-refractivity contribution in [1.82, 2.24) is 15.8 Å². The van der Waals surface area contributed by atoms with Crippen LogP contribution in [0, 0.1) is 5.82 Å². The maximum Gasteiger partial charge on any atom is 0.344 e. The molecule has 0 radical (unpaired) electrons. The van der Waals surface area contributed by atoms with Crippen molar-refractivity contribution in [2.24, 2.45) is 0 Å². The molecular weight excluding hydrogens is 353 g/mol. The van der Waals surface area contributed by atoms with Crippen molar-refractivity contribution in [1.29, 1.82) is 0 Å². The summed E-state index contributed by atoms with van der Waals surface area (Å²) < 4.78 is 18.6. The highest BCUT2D eigenvalue weighted by Crippen LogP contribution is 2.31. The Hall–Kier alpha value is -3.42. The quantitative estimate of drug-likeness (QED) is 0.761. The molecule has 2 aromatic rings. The van der Waals surface area contributed by atoms with Gasteiger partial charge in [-0.1, -0.05) is 49.4 Å². The minimum atomic E-state index is -1.25. The molecule has 0 saturated carbocycles. The van der Waals surface area contributed by atoms with Gasteiger partial charge < -0.3 is 10.1 Å². The molecule has 0 spiro atoms. The number of amides is 4. The van der Waals surface area contributed by atoms with E-state index in [4.69, 9.17) is 4.74 Å². The standard InChI is InChI=1S/C19H18FN3O4/c1-2-19(13-8-4-3-5-9-13)17(25)23(18(26)21-19)22-16(24)12-27-15-11-7-6-10-14(15)20/h3-11H,2,12H2,1H3,(H,21,26)(H,22,24)/t19-/m1/s1. The smallest absolute Gasteiger partial charge is 0.344 e. The van der Waals surface area contributed by atoms with Gasteiger partial charge in [0.2, 0.25) is 0 Å². The van der Waals surface area contributed by atoms with Gasteiger partial charge in [-0.15, -0.1) is 0 Å². The number of hydrogen-bond donors (Lipinski definition) is 2. The number of ether oxygens (including phenoxy) is 1. The number of imide groups is 1. The zero-order valence-electron chi connectivity index (χ0n) is 14.6. The van der Waals surface area contributed by atoms with Crippen LogP contribution in [0.2, 0.25) is 0 Å². The molecule has 2 N–H and O–H groups in total. The molecule has 1 heterocycles. The molecule has 0 unspecified atom stereocenters. The molecule has 0 aromatic heterocycles. The molecule has 140 valence electrons. The molecule has 1 atom stereocenters. The molecule has 0 aliphatic carbocycles. The van der Waals surface area contributed by atoms with Gasteiger partial charge in [-0.05, 0) is 24.1 Å². The number of para-hydroxylation sites is 1. The van der Waals surface area contributed by atoms with Crippen LogP contribution in [0.5, 0.6) is 5.75 Å². The first kappa shape index (κ1) is 18.4. The lowest BCUT2D eigenvalue weighted by atomic mass is 9.87. The normalized spacial score (nSPS) is 19.0. The molecular formula is C19H18FN3O4. The summed E-state index contributed by atoms with van der Waals surface area (Å²) in [6, 6.07) is 13.6. The number of hydrazine groups is 1. The summed E-state index contributed by atoms with van der Waals surface area (Å²) >= 11 is 0. The van der Waals surface area contributed by atoms with Crippen LogP contribution in [-0.4, -0.2) is 29.5 Å². The zero-order valence-corrected chi connectivity index (χ0v) is 14.6. The van der Waals surface area contributed by atoms with E-state index in [2.05, 4.69) is 10.7 Å². The molecule has 1 saturated heterocycles. The SMILES string of the molecule is CC[C@]1(c2ccccc2)NC(=O)N(NC(=O)COc2ccccc2F)C1=O. The Morgan fingerprint density at radius 2 is 1.81 bits per heavy atom. The Labute approximate surface area is 155 Å². The third-order valence-electron chi connectivity index (χ3n) is 4.32. The fourth-order valence-electron chi connectivity index (χ4n) is 2.90. The summed E-state index contributed by atoms with van der Waals surface area (Å²) in [5.41, 5.74) is 1.58. The van der Waals surface area contributed by atoms with Crippen molar-refractivity contribution in [3.8, 4) is 5.75 Å². The molecule has 27 heavy (non-hydrogen) atoms. The lowest BCUT2D eigenvalue weighted by molar-refractivity contribution is -0.140. The Balaban J connectivity index is 1.70. The van der Waals surface area contributed by atoms with E-state index in [9.17, 15) is 18.8 Å². The average Bonchev–Trinajstić information content (AvgIpc) is 2.93. The van der Waals surface area contributed by atoms with Crippen LogP contribution < -0.4 is 15.5 Å². The predicted molar refractivity (Wildman–Crippen MR) is 93.8 cm³/mol. The van der Waals surface area contributed by atoms with E-state index in [1.54, 1.807) is 43.3 Å². The minimum Gasteiger partial charge on any atom is -0.481 e. The van der Waals surface area contributed by atoms with Crippen LogP contribution in [-0.2, 0) is 15.1 Å². The summed E-state index contributed by atoms with van der Waals surface area (Å²) in [6.45, 7) is 1.21. The number of nitrogens with one attached hydrogen (secondary N) is 2. The summed E-state index contributed by atoms with van der Waals surface area (Å²) in [6.07, 6.45) is 0.305. The molecule has 1 aliphatic heterocycles. The third kappa shape index (κ3) is 3.46. The van der Waals surface area contributed by atoms with E-state index >= 15 is 0 Å². The number of halogens is 1. The number of benzene rings is 2. The number of hydrogen-bond acceptors (Lipinski definition) is 4. The Morgan fingerprint density at radius 3 is 2.48 bits per heavy atom. The molecule has 8 heteroatoms. The number of nitrogens with zero attached hydrogens (tertiary/aromatic N) is 1. The van der Waals surface area contributed by atoms with E-state index < -0.39 is 35.8 Å². The average molecular weight is 371 g/mol. The topological polar surface area (TPSA) is 87.7 Å². The van der Waals surface area contributed by atoms with Gasteiger partial charge in [-0.25, -0.2) is 9.18 Å². The maximum absolute atomic E-state index is 13.5. The van der Waals surface area contributed by atoms with E-state index in [0.29, 0.717) is 17.0 Å². The summed E-state index contributed by atoms with van der Waals surface area (Å²) in [5.74, 6) is -2.08. The van der Waals surface area contributed by atoms with Crippen LogP contribution in [0.3, 0.4) is 0 Å². The van der Waals surface area contributed by atoms with Gasteiger partial charge in [-0.2, -0.15) is 5.01 Å². The molecule has 7 nitrogen and oxygen atoms in total. The van der Waals surface area contributed by atoms with E-state index in [-0.39, 0.29) is 5.75 Å². The van der Waals surface area contributed by atoms with Gasteiger partial charge in [0, 0.05) is 0 Å². The van der Waals surface area contributed by atoms with Crippen LogP contribution in [0.1, 0.15) is 18.9 Å². The van der Waals surface area contributed by atoms with Crippen LogP contribution >= 0.6 is 0 Å². The van der Waals surface area contributed by atoms with Crippen molar-refractivity contribution in [3.05, 3.63) is 66.0 Å². The molecule has 0 bridgehead atoms. The Kier molecular flexibility index (Phi) is 5.07. The van der Waals surface area contributed by atoms with Gasteiger partial charge in [-0.3, -0.25) is 15.0 Å². The monoisotopic (exact) mass is 371 g/mol. The highest BCUT2D eigenvalue weighted by molar-refractivity contribution is 6.08. The van der Waals surface area contributed by atoms with Gasteiger partial charge in [0.05, 0.1) is 0 Å². The molecule has 4 amide bonds. The zero-order chi connectivity index (χ0) is 19.4. The van der Waals surface area contributed by atoms with Crippen LogP contribution in [0.15, 0.2) is 54.6 Å². The lowest BCUT2D eigenvalue weighted by Gasteiger charge is -2.25. The highest BCUT2D eigenvalue weighted by atomic mass is 19.1. The first-order valence-corrected chi connectivity index (χ1v) is 8.37. The van der Waals surface area contributed by atoms with Gasteiger partial charge in [0.1, 0.15) is 5.54 Å². The van der Waals surface area contributed by atoms with Crippen LogP contribution in [0.25, 0.3) is 0 Å². The predicted octanol–water partition coefficient (Wildman–Crippen LogP) is 2.09. The fourth-order valence-corrected chi connectivity index (χ4v) is 2.90. The highest BCUT2D eigenvalue weighted by Gasteiger charge is 2.52. The van der Waals surface area contributed by atoms with Crippen molar-refractivity contribution in [2.45, 2.75) is 18.9 Å². The number of carbonyl (C=O) groups excluding carboxylic acids is 3. The number of carbonyl (C=O) groups is 3. The fraction of sp³-hybridized carbons (Fsp3) is 0.211. The van der Waals surface area contributed by atoms with Gasteiger partial charge in [0.15, 0.2) is 18.2 Å². The number of rotatable bonds is 6. The van der Waals surface area contributed by atoms with Gasteiger partial charge >= 0.3 is 6.03 Å². The van der Waals surface area contributed by atoms with E-state index in [0.717, 1.165) is 0 Å². The summed E-state index contributed by atoms with van der Waals surface area (Å²) in [4.78, 5) is 37.2.